The average Bonchev–Trinajstić information content (AvgIpc) is 3.18. The first kappa shape index (κ1) is 19.7. The van der Waals surface area contributed by atoms with E-state index in [1.165, 1.54) is 0 Å². The molecule has 0 saturated carbocycles. The molecule has 0 radical (unpaired) electrons. The van der Waals surface area contributed by atoms with E-state index >= 15 is 0 Å². The van der Waals surface area contributed by atoms with Crippen molar-refractivity contribution in [2.24, 2.45) is 0 Å². The summed E-state index contributed by atoms with van der Waals surface area (Å²) >= 11 is 0. The van der Waals surface area contributed by atoms with E-state index in [9.17, 15) is 9.59 Å². The van der Waals surface area contributed by atoms with Crippen molar-refractivity contribution in [3.05, 3.63) is 99.9 Å². The van der Waals surface area contributed by atoms with Gasteiger partial charge in [0.2, 0.25) is 0 Å². The Kier molecular flexibility index (Phi) is 4.78. The summed E-state index contributed by atoms with van der Waals surface area (Å²) in [7, 11) is 0. The molecule has 7 nitrogen and oxygen atoms in total. The number of carbonyl (C=O) groups excluding carboxylic acids is 1. The second-order valence-corrected chi connectivity index (χ2v) is 7.71. The monoisotopic (exact) mass is 423 g/mol. The maximum Gasteiger partial charge on any atom is 0.274 e. The van der Waals surface area contributed by atoms with Crippen molar-refractivity contribution in [2.75, 3.05) is 0 Å². The van der Waals surface area contributed by atoms with Crippen molar-refractivity contribution in [2.45, 2.75) is 20.4 Å². The Bertz CT molecular complexity index is 1530. The van der Waals surface area contributed by atoms with Gasteiger partial charge in [0.15, 0.2) is 5.69 Å². The van der Waals surface area contributed by atoms with E-state index in [2.05, 4.69) is 20.4 Å². The van der Waals surface area contributed by atoms with Gasteiger partial charge in [0.1, 0.15) is 5.52 Å². The van der Waals surface area contributed by atoms with Crippen LogP contribution in [0.25, 0.3) is 27.5 Å². The predicted octanol–water partition coefficient (Wildman–Crippen LogP) is 3.78. The Balaban J connectivity index is 1.56. The second-order valence-electron chi connectivity index (χ2n) is 7.71. The van der Waals surface area contributed by atoms with Gasteiger partial charge in [0.25, 0.3) is 11.5 Å². The topological polar surface area (TPSA) is 92.2 Å². The third-order valence-electron chi connectivity index (χ3n) is 5.66. The lowest BCUT2D eigenvalue weighted by atomic mass is 10.0. The maximum atomic E-state index is 13.0. The van der Waals surface area contributed by atoms with Crippen molar-refractivity contribution in [1.82, 2.24) is 24.9 Å². The van der Waals surface area contributed by atoms with Crippen LogP contribution in [0.1, 0.15) is 27.4 Å². The highest BCUT2D eigenvalue weighted by molar-refractivity contribution is 5.95. The summed E-state index contributed by atoms with van der Waals surface area (Å²) in [5.41, 5.74) is 3.91. The molecule has 2 N–H and O–H groups in total. The molecule has 0 fully saturated rings. The van der Waals surface area contributed by atoms with Crippen molar-refractivity contribution in [3.8, 4) is 11.3 Å². The fraction of sp³-hybridized carbons (Fsp3) is 0.120. The number of pyridine rings is 1. The molecular weight excluding hydrogens is 402 g/mol. The van der Waals surface area contributed by atoms with Gasteiger partial charge in [-0.1, -0.05) is 42.5 Å². The minimum Gasteiger partial charge on any atom is -0.345 e. The zero-order valence-corrected chi connectivity index (χ0v) is 17.7. The summed E-state index contributed by atoms with van der Waals surface area (Å²) in [6.45, 7) is 3.91. The van der Waals surface area contributed by atoms with Gasteiger partial charge < -0.3 is 10.3 Å². The SMILES string of the molecule is Cc1c(C(=O)NCc2ccccn2)nn2c(C)c(-c3ccc4ccccc4c3)[nH]c(=O)c12. The number of hydrogen-bond acceptors (Lipinski definition) is 4. The van der Waals surface area contributed by atoms with E-state index < -0.39 is 0 Å². The van der Waals surface area contributed by atoms with Crippen molar-refractivity contribution in [1.29, 1.82) is 0 Å². The number of aromatic nitrogens is 4. The summed E-state index contributed by atoms with van der Waals surface area (Å²) in [6, 6.07) is 19.6. The van der Waals surface area contributed by atoms with E-state index in [4.69, 9.17) is 0 Å². The highest BCUT2D eigenvalue weighted by Crippen LogP contribution is 2.26. The predicted molar refractivity (Wildman–Crippen MR) is 124 cm³/mol. The molecule has 2 aromatic carbocycles. The molecule has 0 aliphatic heterocycles. The quantitative estimate of drug-likeness (QED) is 0.460. The first-order chi connectivity index (χ1) is 15.5. The van der Waals surface area contributed by atoms with E-state index in [0.717, 1.165) is 27.7 Å². The Hall–Kier alpha value is -4.26. The molecule has 0 bridgehead atoms. The molecule has 3 aromatic heterocycles. The molecule has 1 amide bonds. The number of aryl methyl sites for hydroxylation is 2. The summed E-state index contributed by atoms with van der Waals surface area (Å²) in [4.78, 5) is 33.0. The number of H-pyrrole nitrogens is 1. The van der Waals surface area contributed by atoms with Crippen LogP contribution in [-0.2, 0) is 6.54 Å². The normalized spacial score (nSPS) is 11.2. The average molecular weight is 423 g/mol. The highest BCUT2D eigenvalue weighted by Gasteiger charge is 2.21. The number of nitrogens with one attached hydrogen (secondary N) is 2. The number of benzene rings is 2. The number of rotatable bonds is 4. The molecule has 5 rings (SSSR count). The van der Waals surface area contributed by atoms with Gasteiger partial charge in [-0.25, -0.2) is 4.52 Å². The van der Waals surface area contributed by atoms with Crippen molar-refractivity contribution >= 4 is 22.2 Å². The van der Waals surface area contributed by atoms with E-state index in [1.54, 1.807) is 17.6 Å². The largest absolute Gasteiger partial charge is 0.345 e. The van der Waals surface area contributed by atoms with Crippen LogP contribution in [0, 0.1) is 13.8 Å². The molecule has 3 heterocycles. The zero-order chi connectivity index (χ0) is 22.2. The second kappa shape index (κ2) is 7.77. The Morgan fingerprint density at radius 1 is 1.03 bits per heavy atom. The van der Waals surface area contributed by atoms with Crippen LogP contribution >= 0.6 is 0 Å². The van der Waals surface area contributed by atoms with Crippen LogP contribution in [0.15, 0.2) is 71.7 Å². The first-order valence-electron chi connectivity index (χ1n) is 10.3. The van der Waals surface area contributed by atoms with Gasteiger partial charge in [0.05, 0.1) is 23.6 Å². The fourth-order valence-corrected chi connectivity index (χ4v) is 3.97. The number of nitrogens with zero attached hydrogens (tertiary/aromatic N) is 3. The molecule has 0 atom stereocenters. The van der Waals surface area contributed by atoms with Crippen molar-refractivity contribution in [3.63, 3.8) is 0 Å². The molecule has 0 unspecified atom stereocenters. The summed E-state index contributed by atoms with van der Waals surface area (Å²) in [5.74, 6) is -0.345. The minimum atomic E-state index is -0.345. The van der Waals surface area contributed by atoms with Crippen LogP contribution in [0.2, 0.25) is 0 Å². The van der Waals surface area contributed by atoms with Crippen molar-refractivity contribution < 1.29 is 4.79 Å². The minimum absolute atomic E-state index is 0.227. The number of hydrogen-bond donors (Lipinski definition) is 2. The summed E-state index contributed by atoms with van der Waals surface area (Å²) < 4.78 is 1.56. The zero-order valence-electron chi connectivity index (χ0n) is 17.7. The van der Waals surface area contributed by atoms with E-state index in [-0.39, 0.29) is 23.7 Å². The van der Waals surface area contributed by atoms with Gasteiger partial charge in [-0.2, -0.15) is 5.10 Å². The van der Waals surface area contributed by atoms with E-state index in [1.807, 2.05) is 67.6 Å². The van der Waals surface area contributed by atoms with Crippen LogP contribution in [0.3, 0.4) is 0 Å². The Morgan fingerprint density at radius 3 is 2.59 bits per heavy atom. The van der Waals surface area contributed by atoms with Crippen LogP contribution in [0.5, 0.6) is 0 Å². The summed E-state index contributed by atoms with van der Waals surface area (Å²) in [6.07, 6.45) is 1.68. The number of amides is 1. The third-order valence-corrected chi connectivity index (χ3v) is 5.66. The number of aromatic amines is 1. The third kappa shape index (κ3) is 3.33. The van der Waals surface area contributed by atoms with Gasteiger partial charge in [-0.15, -0.1) is 0 Å². The number of carbonyl (C=O) groups is 1. The van der Waals surface area contributed by atoms with Crippen LogP contribution in [0.4, 0.5) is 0 Å². The molecule has 158 valence electrons. The Morgan fingerprint density at radius 2 is 1.81 bits per heavy atom. The first-order valence-corrected chi connectivity index (χ1v) is 10.3. The Labute approximate surface area is 183 Å². The lowest BCUT2D eigenvalue weighted by Crippen LogP contribution is -2.24. The molecule has 5 aromatic rings. The lowest BCUT2D eigenvalue weighted by Gasteiger charge is -2.09. The van der Waals surface area contributed by atoms with Gasteiger partial charge >= 0.3 is 0 Å². The van der Waals surface area contributed by atoms with Gasteiger partial charge in [-0.3, -0.25) is 14.6 Å². The fourth-order valence-electron chi connectivity index (χ4n) is 3.97. The molecule has 0 aliphatic rings. The maximum absolute atomic E-state index is 13.0. The van der Waals surface area contributed by atoms with E-state index in [0.29, 0.717) is 16.8 Å². The number of fused-ring (bicyclic) bond motifs is 2. The molecule has 0 saturated heterocycles. The smallest absolute Gasteiger partial charge is 0.274 e. The molecule has 7 heteroatoms. The molecule has 0 aliphatic carbocycles. The standard InChI is InChI=1S/C25H21N5O2/c1-15-21(24(31)27-14-20-9-5-6-12-26-20)29-30-16(2)22(28-25(32)23(15)30)19-11-10-17-7-3-4-8-18(17)13-19/h3-13H,14H2,1-2H3,(H,27,31)(H,28,32). The molecule has 0 spiro atoms. The van der Waals surface area contributed by atoms with Crippen LogP contribution in [-0.4, -0.2) is 25.5 Å². The van der Waals surface area contributed by atoms with Crippen LogP contribution < -0.4 is 10.9 Å². The highest BCUT2D eigenvalue weighted by atomic mass is 16.2. The summed E-state index contributed by atoms with van der Waals surface area (Å²) in [5, 5.41) is 9.53. The van der Waals surface area contributed by atoms with Gasteiger partial charge in [0, 0.05) is 17.3 Å². The lowest BCUT2D eigenvalue weighted by molar-refractivity contribution is 0.0944. The molecule has 32 heavy (non-hydrogen) atoms. The molecular formula is C25H21N5O2. The van der Waals surface area contributed by atoms with Gasteiger partial charge in [-0.05, 0) is 42.8 Å².